The summed E-state index contributed by atoms with van der Waals surface area (Å²) in [6, 6.07) is 6.84. The molecule has 0 spiro atoms. The van der Waals surface area contributed by atoms with Crippen molar-refractivity contribution < 1.29 is 19.4 Å². The minimum Gasteiger partial charge on any atom is -0.481 e. The number of nitrogens with zero attached hydrogens (tertiary/aromatic N) is 4. The van der Waals surface area contributed by atoms with Crippen molar-refractivity contribution in [2.24, 2.45) is 5.92 Å². The summed E-state index contributed by atoms with van der Waals surface area (Å²) < 4.78 is 5.19. The zero-order chi connectivity index (χ0) is 24.4. The van der Waals surface area contributed by atoms with Crippen molar-refractivity contribution in [3.8, 4) is 5.88 Å². The highest BCUT2D eigenvalue weighted by molar-refractivity contribution is 8.00. The Hall–Kier alpha value is -3.35. The SMILES string of the molecule is COc1ccc2nccc(NC(=O)[C@@H]3CC[C@@H](NCc4cc5c(nn4)SCC(=O)N5)[C@H](O)C3)c2n1. The number of amides is 2. The number of pyridine rings is 2. The van der Waals surface area contributed by atoms with E-state index in [0.29, 0.717) is 70.6 Å². The number of anilines is 2. The molecule has 35 heavy (non-hydrogen) atoms. The first-order valence-corrected chi connectivity index (χ1v) is 12.3. The van der Waals surface area contributed by atoms with E-state index in [2.05, 4.69) is 36.1 Å². The molecule has 182 valence electrons. The monoisotopic (exact) mass is 495 g/mol. The van der Waals surface area contributed by atoms with E-state index in [0.717, 1.165) is 0 Å². The van der Waals surface area contributed by atoms with Crippen molar-refractivity contribution in [2.45, 2.75) is 43.0 Å². The van der Waals surface area contributed by atoms with Crippen LogP contribution in [0.2, 0.25) is 0 Å². The largest absolute Gasteiger partial charge is 0.481 e. The first-order chi connectivity index (χ1) is 17.0. The number of carbonyl (C=O) groups is 2. The van der Waals surface area contributed by atoms with Gasteiger partial charge in [0.1, 0.15) is 10.5 Å². The van der Waals surface area contributed by atoms with Crippen LogP contribution in [0.3, 0.4) is 0 Å². The summed E-state index contributed by atoms with van der Waals surface area (Å²) in [6.07, 6.45) is 2.53. The lowest BCUT2D eigenvalue weighted by atomic mass is 9.83. The second-order valence-electron chi connectivity index (χ2n) is 8.53. The lowest BCUT2D eigenvalue weighted by Gasteiger charge is -2.33. The van der Waals surface area contributed by atoms with Gasteiger partial charge in [-0.25, -0.2) is 4.98 Å². The number of aliphatic hydroxyl groups excluding tert-OH is 1. The molecule has 12 heteroatoms. The standard InChI is InChI=1S/C23H25N7O4S/c1-34-20-5-4-15-21(28-20)16(6-7-24-15)27-22(33)12-2-3-14(18(31)8-12)25-10-13-9-17-23(30-29-13)35-11-19(32)26-17/h4-7,9,12,14,18,25,31H,2-3,8,10-11H2,1H3,(H,26,32)(H,24,27,33)/t12-,14-,18-/m1/s1. The highest BCUT2D eigenvalue weighted by Gasteiger charge is 2.33. The number of aromatic nitrogens is 4. The Morgan fingerprint density at radius 2 is 2.17 bits per heavy atom. The molecular weight excluding hydrogens is 470 g/mol. The normalized spacial score (nSPS) is 21.8. The van der Waals surface area contributed by atoms with Crippen LogP contribution >= 0.6 is 11.8 Å². The zero-order valence-corrected chi connectivity index (χ0v) is 19.8. The minimum atomic E-state index is -0.687. The van der Waals surface area contributed by atoms with E-state index in [4.69, 9.17) is 4.74 Å². The summed E-state index contributed by atoms with van der Waals surface area (Å²) in [6.45, 7) is 0.399. The summed E-state index contributed by atoms with van der Waals surface area (Å²) in [7, 11) is 1.53. The number of ether oxygens (including phenoxy) is 1. The number of rotatable bonds is 6. The molecule has 2 amide bonds. The topological polar surface area (TPSA) is 151 Å². The van der Waals surface area contributed by atoms with E-state index < -0.39 is 6.10 Å². The molecule has 0 bridgehead atoms. The number of fused-ring (bicyclic) bond motifs is 2. The molecule has 3 aromatic rings. The van der Waals surface area contributed by atoms with Gasteiger partial charge in [-0.3, -0.25) is 14.6 Å². The van der Waals surface area contributed by atoms with E-state index in [1.807, 2.05) is 0 Å². The Bertz CT molecular complexity index is 1270. The van der Waals surface area contributed by atoms with Gasteiger partial charge in [0, 0.05) is 30.8 Å². The number of carbonyl (C=O) groups excluding carboxylic acids is 2. The van der Waals surface area contributed by atoms with Crippen LogP contribution in [0.25, 0.3) is 11.0 Å². The summed E-state index contributed by atoms with van der Waals surface area (Å²) in [4.78, 5) is 33.3. The van der Waals surface area contributed by atoms with Crippen molar-refractivity contribution >= 4 is 46.0 Å². The van der Waals surface area contributed by atoms with E-state index in [9.17, 15) is 14.7 Å². The summed E-state index contributed by atoms with van der Waals surface area (Å²) in [5, 5.41) is 28.9. The fourth-order valence-corrected chi connectivity index (χ4v) is 5.04. The zero-order valence-electron chi connectivity index (χ0n) is 19.0. The molecule has 0 unspecified atom stereocenters. The van der Waals surface area contributed by atoms with Crippen LogP contribution in [0.1, 0.15) is 25.0 Å². The van der Waals surface area contributed by atoms with Gasteiger partial charge in [-0.05, 0) is 37.5 Å². The number of thioether (sulfide) groups is 1. The van der Waals surface area contributed by atoms with Gasteiger partial charge in [-0.2, -0.15) is 5.10 Å². The van der Waals surface area contributed by atoms with Crippen molar-refractivity contribution in [3.63, 3.8) is 0 Å². The molecule has 11 nitrogen and oxygen atoms in total. The Morgan fingerprint density at radius 3 is 3.00 bits per heavy atom. The summed E-state index contributed by atoms with van der Waals surface area (Å²) >= 11 is 1.36. The lowest BCUT2D eigenvalue weighted by molar-refractivity contribution is -0.122. The van der Waals surface area contributed by atoms with Crippen LogP contribution in [-0.2, 0) is 16.1 Å². The maximum atomic E-state index is 13.0. The molecule has 2 aliphatic rings. The van der Waals surface area contributed by atoms with Gasteiger partial charge in [0.05, 0.1) is 41.6 Å². The molecule has 3 atom stereocenters. The van der Waals surface area contributed by atoms with Crippen LogP contribution < -0.4 is 20.7 Å². The Kier molecular flexibility index (Phi) is 6.75. The van der Waals surface area contributed by atoms with E-state index in [-0.39, 0.29) is 23.8 Å². The lowest BCUT2D eigenvalue weighted by Crippen LogP contribution is -2.46. The quantitative estimate of drug-likeness (QED) is 0.398. The maximum absolute atomic E-state index is 13.0. The smallest absolute Gasteiger partial charge is 0.234 e. The predicted molar refractivity (Wildman–Crippen MR) is 130 cm³/mol. The number of methoxy groups -OCH3 is 1. The highest BCUT2D eigenvalue weighted by Crippen LogP contribution is 2.30. The number of aliphatic hydroxyl groups is 1. The number of nitrogens with one attached hydrogen (secondary N) is 3. The van der Waals surface area contributed by atoms with Gasteiger partial charge in [-0.1, -0.05) is 11.8 Å². The molecule has 0 saturated heterocycles. The molecule has 0 radical (unpaired) electrons. The fourth-order valence-electron chi connectivity index (χ4n) is 4.34. The van der Waals surface area contributed by atoms with E-state index in [1.165, 1.54) is 18.9 Å². The van der Waals surface area contributed by atoms with Crippen LogP contribution in [0.15, 0.2) is 35.5 Å². The maximum Gasteiger partial charge on any atom is 0.234 e. The van der Waals surface area contributed by atoms with Crippen molar-refractivity contribution in [3.05, 3.63) is 36.2 Å². The Labute approximate surface area is 205 Å². The molecule has 3 aromatic heterocycles. The van der Waals surface area contributed by atoms with Gasteiger partial charge >= 0.3 is 0 Å². The van der Waals surface area contributed by atoms with Crippen molar-refractivity contribution in [1.29, 1.82) is 0 Å². The molecule has 4 heterocycles. The average molecular weight is 496 g/mol. The minimum absolute atomic E-state index is 0.0592. The molecule has 1 aliphatic carbocycles. The third-order valence-corrected chi connectivity index (χ3v) is 7.16. The van der Waals surface area contributed by atoms with Gasteiger partial charge in [0.15, 0.2) is 0 Å². The highest BCUT2D eigenvalue weighted by atomic mass is 32.2. The third-order valence-electron chi connectivity index (χ3n) is 6.18. The first kappa shape index (κ1) is 23.4. The summed E-state index contributed by atoms with van der Waals surface area (Å²) in [5.41, 5.74) is 3.10. The molecule has 4 N–H and O–H groups in total. The van der Waals surface area contributed by atoms with Gasteiger partial charge in [0.25, 0.3) is 0 Å². The van der Waals surface area contributed by atoms with Gasteiger partial charge in [0.2, 0.25) is 17.7 Å². The van der Waals surface area contributed by atoms with Crippen LogP contribution in [0, 0.1) is 5.92 Å². The van der Waals surface area contributed by atoms with Crippen LogP contribution in [0.5, 0.6) is 5.88 Å². The Balaban J connectivity index is 1.18. The van der Waals surface area contributed by atoms with E-state index >= 15 is 0 Å². The second-order valence-corrected chi connectivity index (χ2v) is 9.49. The van der Waals surface area contributed by atoms with Crippen LogP contribution in [0.4, 0.5) is 11.4 Å². The van der Waals surface area contributed by atoms with E-state index in [1.54, 1.807) is 30.5 Å². The molecular formula is C23H25N7O4S. The summed E-state index contributed by atoms with van der Waals surface area (Å²) in [5.74, 6) is 0.231. The third kappa shape index (κ3) is 5.19. The molecule has 1 aliphatic heterocycles. The first-order valence-electron chi connectivity index (χ1n) is 11.3. The van der Waals surface area contributed by atoms with Gasteiger partial charge < -0.3 is 25.8 Å². The number of hydrogen-bond donors (Lipinski definition) is 4. The van der Waals surface area contributed by atoms with Crippen molar-refractivity contribution in [2.75, 3.05) is 23.5 Å². The molecule has 1 saturated carbocycles. The van der Waals surface area contributed by atoms with Crippen LogP contribution in [-0.4, -0.2) is 62.1 Å². The predicted octanol–water partition coefficient (Wildman–Crippen LogP) is 1.73. The molecule has 5 rings (SSSR count). The number of hydrogen-bond acceptors (Lipinski definition) is 10. The Morgan fingerprint density at radius 1 is 1.29 bits per heavy atom. The van der Waals surface area contributed by atoms with Crippen molar-refractivity contribution in [1.82, 2.24) is 25.5 Å². The second kappa shape index (κ2) is 10.1. The fraction of sp³-hybridized carbons (Fsp3) is 0.391. The average Bonchev–Trinajstić information content (AvgIpc) is 2.87. The molecule has 1 fully saturated rings. The van der Waals surface area contributed by atoms with Gasteiger partial charge in [-0.15, -0.1) is 5.10 Å². The molecule has 0 aromatic carbocycles.